The minimum absolute atomic E-state index is 0.335. The second-order valence-corrected chi connectivity index (χ2v) is 7.02. The molecule has 1 saturated heterocycles. The van der Waals surface area contributed by atoms with E-state index in [1.165, 1.54) is 12.8 Å². The summed E-state index contributed by atoms with van der Waals surface area (Å²) in [5.74, 6) is 0.718. The van der Waals surface area contributed by atoms with E-state index >= 15 is 0 Å². The number of hydrogen-bond acceptors (Lipinski definition) is 3. The van der Waals surface area contributed by atoms with Gasteiger partial charge in [0, 0.05) is 51.5 Å². The molecule has 1 aliphatic rings. The summed E-state index contributed by atoms with van der Waals surface area (Å²) < 4.78 is 0. The van der Waals surface area contributed by atoms with E-state index in [0.717, 1.165) is 58.3 Å². The molecule has 134 valence electrons. The van der Waals surface area contributed by atoms with Crippen molar-refractivity contribution in [3.05, 3.63) is 0 Å². The molecule has 0 radical (unpaired) electrons. The second kappa shape index (κ2) is 11.6. The Kier molecular flexibility index (Phi) is 10.2. The number of carbonyl (C=O) groups excluding carboxylic acids is 2. The summed E-state index contributed by atoms with van der Waals surface area (Å²) in [4.78, 5) is 27.8. The highest BCUT2D eigenvalue weighted by Crippen LogP contribution is 2.12. The van der Waals surface area contributed by atoms with E-state index in [9.17, 15) is 9.59 Å². The molecule has 0 unspecified atom stereocenters. The van der Waals surface area contributed by atoms with Crippen LogP contribution in [0.1, 0.15) is 78.6 Å². The van der Waals surface area contributed by atoms with Crippen LogP contribution in [0.25, 0.3) is 0 Å². The molecule has 4 heteroatoms. The molecule has 23 heavy (non-hydrogen) atoms. The fourth-order valence-electron chi connectivity index (χ4n) is 3.13. The molecule has 0 saturated carbocycles. The number of piperazine rings is 1. The monoisotopic (exact) mass is 324 g/mol. The van der Waals surface area contributed by atoms with Crippen molar-refractivity contribution in [2.45, 2.75) is 84.6 Å². The van der Waals surface area contributed by atoms with Gasteiger partial charge in [-0.2, -0.15) is 0 Å². The molecule has 0 bridgehead atoms. The Morgan fingerprint density at radius 2 is 1.35 bits per heavy atom. The molecule has 1 heterocycles. The molecule has 0 N–H and O–H groups in total. The molecule has 4 nitrogen and oxygen atoms in total. The predicted octanol–water partition coefficient (Wildman–Crippen LogP) is 3.64. The smallest absolute Gasteiger partial charge is 0.222 e. The summed E-state index contributed by atoms with van der Waals surface area (Å²) in [6.45, 7) is 10.2. The Labute approximate surface area is 142 Å². The average molecular weight is 325 g/mol. The van der Waals surface area contributed by atoms with Crippen LogP contribution in [0.15, 0.2) is 0 Å². The Bertz CT molecular complexity index is 347. The van der Waals surface area contributed by atoms with Gasteiger partial charge < -0.3 is 4.90 Å². The van der Waals surface area contributed by atoms with Crippen LogP contribution in [0.5, 0.6) is 0 Å². The van der Waals surface area contributed by atoms with Crippen LogP contribution in [0.3, 0.4) is 0 Å². The third-order valence-corrected chi connectivity index (χ3v) is 4.89. The Morgan fingerprint density at radius 3 is 1.87 bits per heavy atom. The third kappa shape index (κ3) is 8.50. The van der Waals surface area contributed by atoms with Crippen molar-refractivity contribution in [2.75, 3.05) is 26.2 Å². The highest BCUT2D eigenvalue weighted by molar-refractivity contribution is 5.77. The van der Waals surface area contributed by atoms with Crippen LogP contribution in [0.4, 0.5) is 0 Å². The first kappa shape index (κ1) is 20.1. The first-order valence-electron chi connectivity index (χ1n) is 9.58. The zero-order valence-corrected chi connectivity index (χ0v) is 15.5. The van der Waals surface area contributed by atoms with Crippen LogP contribution >= 0.6 is 0 Å². The Hall–Kier alpha value is -0.900. The van der Waals surface area contributed by atoms with E-state index in [0.29, 0.717) is 30.6 Å². The fourth-order valence-corrected chi connectivity index (χ4v) is 3.13. The summed E-state index contributed by atoms with van der Waals surface area (Å²) in [5, 5.41) is 0. The lowest BCUT2D eigenvalue weighted by Crippen LogP contribution is -2.50. The van der Waals surface area contributed by atoms with Gasteiger partial charge in [-0.1, -0.05) is 32.6 Å². The Balaban J connectivity index is 1.97. The summed E-state index contributed by atoms with van der Waals surface area (Å²) in [5.41, 5.74) is 0. The molecular weight excluding hydrogens is 288 g/mol. The first-order valence-corrected chi connectivity index (χ1v) is 9.58. The first-order chi connectivity index (χ1) is 11.0. The number of Topliss-reactive ketones (excluding diaryl/α,β-unsaturated/α-hetero) is 1. The van der Waals surface area contributed by atoms with E-state index in [1.54, 1.807) is 0 Å². The van der Waals surface area contributed by atoms with Crippen molar-refractivity contribution >= 4 is 11.7 Å². The highest BCUT2D eigenvalue weighted by atomic mass is 16.2. The third-order valence-electron chi connectivity index (χ3n) is 4.89. The quantitative estimate of drug-likeness (QED) is 0.545. The van der Waals surface area contributed by atoms with Gasteiger partial charge in [-0.15, -0.1) is 0 Å². The van der Waals surface area contributed by atoms with Gasteiger partial charge in [-0.3, -0.25) is 14.5 Å². The zero-order chi connectivity index (χ0) is 17.1. The van der Waals surface area contributed by atoms with Crippen molar-refractivity contribution in [3.8, 4) is 0 Å². The highest BCUT2D eigenvalue weighted by Gasteiger charge is 2.21. The van der Waals surface area contributed by atoms with E-state index in [1.807, 2.05) is 11.8 Å². The van der Waals surface area contributed by atoms with Crippen LogP contribution in [-0.2, 0) is 9.59 Å². The van der Waals surface area contributed by atoms with Gasteiger partial charge in [-0.25, -0.2) is 0 Å². The molecule has 1 aliphatic heterocycles. The number of amides is 1. The van der Waals surface area contributed by atoms with Crippen molar-refractivity contribution < 1.29 is 9.59 Å². The van der Waals surface area contributed by atoms with Gasteiger partial charge in [0.2, 0.25) is 5.91 Å². The lowest BCUT2D eigenvalue weighted by atomic mass is 10.1. The van der Waals surface area contributed by atoms with Gasteiger partial charge in [-0.05, 0) is 26.7 Å². The molecule has 1 amide bonds. The van der Waals surface area contributed by atoms with E-state index in [4.69, 9.17) is 0 Å². The zero-order valence-electron chi connectivity index (χ0n) is 15.5. The minimum Gasteiger partial charge on any atom is -0.340 e. The predicted molar refractivity (Wildman–Crippen MR) is 95.5 cm³/mol. The van der Waals surface area contributed by atoms with E-state index < -0.39 is 0 Å². The van der Waals surface area contributed by atoms with Gasteiger partial charge in [0.1, 0.15) is 5.78 Å². The van der Waals surface area contributed by atoms with Crippen molar-refractivity contribution in [2.24, 2.45) is 0 Å². The summed E-state index contributed by atoms with van der Waals surface area (Å²) >= 11 is 0. The average Bonchev–Trinajstić information content (AvgIpc) is 2.56. The van der Waals surface area contributed by atoms with Crippen LogP contribution in [0, 0.1) is 0 Å². The maximum Gasteiger partial charge on any atom is 0.222 e. The molecular formula is C19H36N2O2. The number of hydrogen-bond donors (Lipinski definition) is 0. The second-order valence-electron chi connectivity index (χ2n) is 7.02. The van der Waals surface area contributed by atoms with Gasteiger partial charge in [0.25, 0.3) is 0 Å². The number of unbranched alkanes of at least 4 members (excludes halogenated alkanes) is 5. The largest absolute Gasteiger partial charge is 0.340 e. The number of nitrogens with zero attached hydrogens (tertiary/aromatic N) is 2. The van der Waals surface area contributed by atoms with Crippen molar-refractivity contribution in [3.63, 3.8) is 0 Å². The van der Waals surface area contributed by atoms with Gasteiger partial charge >= 0.3 is 0 Å². The van der Waals surface area contributed by atoms with Gasteiger partial charge in [0.15, 0.2) is 0 Å². The van der Waals surface area contributed by atoms with E-state index in [-0.39, 0.29) is 0 Å². The summed E-state index contributed by atoms with van der Waals surface area (Å²) in [7, 11) is 0. The fraction of sp³-hybridized carbons (Fsp3) is 0.895. The maximum absolute atomic E-state index is 12.2. The number of rotatable bonds is 11. The van der Waals surface area contributed by atoms with E-state index in [2.05, 4.69) is 18.7 Å². The van der Waals surface area contributed by atoms with Crippen molar-refractivity contribution in [1.29, 1.82) is 0 Å². The van der Waals surface area contributed by atoms with Crippen LogP contribution < -0.4 is 0 Å². The lowest BCUT2D eigenvalue weighted by Gasteiger charge is -2.37. The molecule has 1 rings (SSSR count). The molecule has 1 fully saturated rings. The Morgan fingerprint density at radius 1 is 0.826 bits per heavy atom. The molecule has 0 aromatic carbocycles. The standard InChI is InChI=1S/C19H36N2O2/c1-4-18(22)11-9-7-5-6-8-10-12-19(23)21-15-13-20(14-16-21)17(2)3/h17H,4-16H2,1-3H3. The van der Waals surface area contributed by atoms with Gasteiger partial charge in [0.05, 0.1) is 0 Å². The molecule has 0 aromatic heterocycles. The van der Waals surface area contributed by atoms with Crippen molar-refractivity contribution in [1.82, 2.24) is 9.80 Å². The lowest BCUT2D eigenvalue weighted by molar-refractivity contribution is -0.133. The van der Waals surface area contributed by atoms with Crippen LogP contribution in [-0.4, -0.2) is 53.7 Å². The topological polar surface area (TPSA) is 40.6 Å². The molecule has 0 atom stereocenters. The normalized spacial score (nSPS) is 16.1. The summed E-state index contributed by atoms with van der Waals surface area (Å²) in [6.07, 6.45) is 8.84. The SMILES string of the molecule is CCC(=O)CCCCCCCCC(=O)N1CCN(C(C)C)CC1. The molecule has 0 spiro atoms. The summed E-state index contributed by atoms with van der Waals surface area (Å²) in [6, 6.07) is 0.583. The maximum atomic E-state index is 12.2. The number of ketones is 1. The minimum atomic E-state index is 0.335. The molecule has 0 aliphatic carbocycles. The molecule has 0 aromatic rings. The van der Waals surface area contributed by atoms with Crippen LogP contribution in [0.2, 0.25) is 0 Å². The number of carbonyl (C=O) groups is 2.